The average molecular weight is 330 g/mol. The second-order valence-corrected chi connectivity index (χ2v) is 5.37. The molecule has 1 aromatic carbocycles. The van der Waals surface area contributed by atoms with Crippen molar-refractivity contribution >= 4 is 29.0 Å². The summed E-state index contributed by atoms with van der Waals surface area (Å²) in [7, 11) is 0. The summed E-state index contributed by atoms with van der Waals surface area (Å²) in [6, 6.07) is 12.3. The molecule has 2 N–H and O–H groups in total. The van der Waals surface area contributed by atoms with Crippen LogP contribution in [-0.2, 0) is 0 Å². The lowest BCUT2D eigenvalue weighted by molar-refractivity contribution is 0.580. The van der Waals surface area contributed by atoms with Gasteiger partial charge in [0, 0.05) is 21.2 Å². The van der Waals surface area contributed by atoms with Crippen molar-refractivity contribution in [1.82, 2.24) is 4.98 Å². The Balaban J connectivity index is 2.31. The number of pyridine rings is 1. The number of aromatic nitrogens is 1. The van der Waals surface area contributed by atoms with Gasteiger partial charge in [-0.1, -0.05) is 29.3 Å². The van der Waals surface area contributed by atoms with Crippen molar-refractivity contribution < 1.29 is 4.42 Å². The van der Waals surface area contributed by atoms with Crippen LogP contribution >= 0.6 is 23.2 Å². The van der Waals surface area contributed by atoms with Gasteiger partial charge in [-0.3, -0.25) is 0 Å². The van der Waals surface area contributed by atoms with E-state index in [0.29, 0.717) is 32.6 Å². The van der Waals surface area contributed by atoms with Crippen LogP contribution in [0.4, 0.5) is 5.82 Å². The minimum absolute atomic E-state index is 0.141. The zero-order chi connectivity index (χ0) is 15.7. The third kappa shape index (κ3) is 2.52. The minimum atomic E-state index is 0.141. The van der Waals surface area contributed by atoms with E-state index >= 15 is 0 Å². The molecule has 0 radical (unpaired) electrons. The van der Waals surface area contributed by atoms with Gasteiger partial charge in [-0.05, 0) is 30.3 Å². The molecule has 0 spiro atoms. The minimum Gasteiger partial charge on any atom is -0.463 e. The van der Waals surface area contributed by atoms with E-state index in [1.807, 2.05) is 6.07 Å². The summed E-state index contributed by atoms with van der Waals surface area (Å²) in [5.74, 6) is 0.681. The van der Waals surface area contributed by atoms with Gasteiger partial charge < -0.3 is 10.2 Å². The van der Waals surface area contributed by atoms with Gasteiger partial charge in [-0.2, -0.15) is 5.26 Å². The van der Waals surface area contributed by atoms with Crippen LogP contribution in [0.2, 0.25) is 10.0 Å². The predicted octanol–water partition coefficient (Wildman–Crippen LogP) is 4.77. The van der Waals surface area contributed by atoms with Crippen LogP contribution in [0.3, 0.4) is 0 Å². The van der Waals surface area contributed by atoms with E-state index in [0.717, 1.165) is 0 Å². The van der Waals surface area contributed by atoms with Gasteiger partial charge in [-0.25, -0.2) is 4.98 Å². The Hall–Kier alpha value is -2.48. The van der Waals surface area contributed by atoms with Crippen LogP contribution < -0.4 is 5.73 Å². The highest BCUT2D eigenvalue weighted by atomic mass is 35.5. The smallest absolute Gasteiger partial charge is 0.152 e. The first-order valence-corrected chi connectivity index (χ1v) is 7.05. The van der Waals surface area contributed by atoms with E-state index in [-0.39, 0.29) is 11.4 Å². The molecule has 6 heteroatoms. The van der Waals surface area contributed by atoms with Crippen molar-refractivity contribution in [3.8, 4) is 28.7 Å². The number of nitrogens with two attached hydrogens (primary N) is 1. The fourth-order valence-electron chi connectivity index (χ4n) is 2.13. The van der Waals surface area contributed by atoms with E-state index in [1.54, 1.807) is 42.7 Å². The predicted molar refractivity (Wildman–Crippen MR) is 86.5 cm³/mol. The molecule has 2 heterocycles. The molecule has 0 fully saturated rings. The molecular weight excluding hydrogens is 321 g/mol. The molecule has 4 nitrogen and oxygen atoms in total. The summed E-state index contributed by atoms with van der Waals surface area (Å²) >= 11 is 12.2. The largest absolute Gasteiger partial charge is 0.463 e. The summed E-state index contributed by atoms with van der Waals surface area (Å²) in [5.41, 5.74) is 7.96. The summed E-state index contributed by atoms with van der Waals surface area (Å²) in [6.45, 7) is 0. The Bertz CT molecular complexity index is 883. The number of furan rings is 1. The fourth-order valence-corrected chi connectivity index (χ4v) is 2.64. The van der Waals surface area contributed by atoms with Crippen LogP contribution in [0.15, 0.2) is 47.1 Å². The highest BCUT2D eigenvalue weighted by Crippen LogP contribution is 2.37. The lowest BCUT2D eigenvalue weighted by Crippen LogP contribution is -1.99. The molecular formula is C16H9Cl2N3O. The quantitative estimate of drug-likeness (QED) is 0.734. The molecule has 0 amide bonds. The molecule has 0 aliphatic heterocycles. The topological polar surface area (TPSA) is 75.8 Å². The van der Waals surface area contributed by atoms with Crippen molar-refractivity contribution in [2.75, 3.05) is 5.73 Å². The number of nitrogens with zero attached hydrogens (tertiary/aromatic N) is 2. The van der Waals surface area contributed by atoms with Crippen molar-refractivity contribution in [1.29, 1.82) is 5.26 Å². The lowest BCUT2D eigenvalue weighted by atomic mass is 10.0. The average Bonchev–Trinajstić information content (AvgIpc) is 3.01. The summed E-state index contributed by atoms with van der Waals surface area (Å²) < 4.78 is 5.40. The first kappa shape index (κ1) is 14.5. The number of halogens is 2. The molecule has 0 aliphatic carbocycles. The second-order valence-electron chi connectivity index (χ2n) is 4.53. The van der Waals surface area contributed by atoms with Crippen LogP contribution in [-0.4, -0.2) is 4.98 Å². The molecule has 0 saturated heterocycles. The molecule has 108 valence electrons. The SMILES string of the molecule is N#Cc1cc(-c2ccc(Cl)cc2Cl)c(-c2ccco2)nc1N. The van der Waals surface area contributed by atoms with Gasteiger partial charge in [0.15, 0.2) is 5.76 Å². The Morgan fingerprint density at radius 2 is 1.95 bits per heavy atom. The molecule has 0 aliphatic rings. The second kappa shape index (κ2) is 5.72. The van der Waals surface area contributed by atoms with Gasteiger partial charge in [0.25, 0.3) is 0 Å². The molecule has 0 saturated carbocycles. The van der Waals surface area contributed by atoms with Gasteiger partial charge in [0.2, 0.25) is 0 Å². The summed E-state index contributed by atoms with van der Waals surface area (Å²) in [5, 5.41) is 10.2. The van der Waals surface area contributed by atoms with Crippen LogP contribution in [0.25, 0.3) is 22.6 Å². The molecule has 3 rings (SSSR count). The van der Waals surface area contributed by atoms with Gasteiger partial charge in [0.05, 0.1) is 11.8 Å². The fraction of sp³-hybridized carbons (Fsp3) is 0. The van der Waals surface area contributed by atoms with E-state index in [1.165, 1.54) is 0 Å². The standard InChI is InChI=1S/C16H9Cl2N3O/c17-10-3-4-11(13(18)7-10)12-6-9(8-19)16(20)21-15(12)14-2-1-5-22-14/h1-7H,(H2,20,21). The Kier molecular flexibility index (Phi) is 3.76. The monoisotopic (exact) mass is 329 g/mol. The summed E-state index contributed by atoms with van der Waals surface area (Å²) in [6.07, 6.45) is 1.54. The van der Waals surface area contributed by atoms with Crippen LogP contribution in [0.1, 0.15) is 5.56 Å². The molecule has 0 unspecified atom stereocenters. The Labute approximate surface area is 136 Å². The Morgan fingerprint density at radius 1 is 1.14 bits per heavy atom. The maximum atomic E-state index is 9.18. The van der Waals surface area contributed by atoms with Crippen molar-refractivity contribution in [3.05, 3.63) is 58.3 Å². The first-order valence-electron chi connectivity index (χ1n) is 6.30. The number of hydrogen-bond acceptors (Lipinski definition) is 4. The highest BCUT2D eigenvalue weighted by molar-refractivity contribution is 6.36. The number of nitriles is 1. The maximum Gasteiger partial charge on any atom is 0.152 e. The molecule has 3 aromatic rings. The number of hydrogen-bond donors (Lipinski definition) is 1. The maximum absolute atomic E-state index is 9.18. The van der Waals surface area contributed by atoms with E-state index in [9.17, 15) is 5.26 Å². The van der Waals surface area contributed by atoms with E-state index < -0.39 is 0 Å². The zero-order valence-corrected chi connectivity index (χ0v) is 12.7. The highest BCUT2D eigenvalue weighted by Gasteiger charge is 2.17. The van der Waals surface area contributed by atoms with E-state index in [4.69, 9.17) is 33.4 Å². The molecule has 2 aromatic heterocycles. The zero-order valence-electron chi connectivity index (χ0n) is 11.2. The lowest BCUT2D eigenvalue weighted by Gasteiger charge is -2.11. The van der Waals surface area contributed by atoms with Gasteiger partial charge in [-0.15, -0.1) is 0 Å². The van der Waals surface area contributed by atoms with Gasteiger partial charge >= 0.3 is 0 Å². The number of benzene rings is 1. The number of rotatable bonds is 2. The molecule has 0 atom stereocenters. The van der Waals surface area contributed by atoms with Gasteiger partial charge in [0.1, 0.15) is 17.6 Å². The number of nitrogen functional groups attached to an aromatic ring is 1. The van der Waals surface area contributed by atoms with Crippen molar-refractivity contribution in [2.24, 2.45) is 0 Å². The Morgan fingerprint density at radius 3 is 2.59 bits per heavy atom. The van der Waals surface area contributed by atoms with Crippen molar-refractivity contribution in [3.63, 3.8) is 0 Å². The summed E-state index contributed by atoms with van der Waals surface area (Å²) in [4.78, 5) is 4.30. The normalized spacial score (nSPS) is 10.4. The number of anilines is 1. The van der Waals surface area contributed by atoms with Crippen LogP contribution in [0.5, 0.6) is 0 Å². The third-order valence-corrected chi connectivity index (χ3v) is 3.70. The van der Waals surface area contributed by atoms with E-state index in [2.05, 4.69) is 4.98 Å². The molecule has 22 heavy (non-hydrogen) atoms. The van der Waals surface area contributed by atoms with Crippen LogP contribution in [0, 0.1) is 11.3 Å². The third-order valence-electron chi connectivity index (χ3n) is 3.15. The van der Waals surface area contributed by atoms with Crippen molar-refractivity contribution in [2.45, 2.75) is 0 Å². The first-order chi connectivity index (χ1) is 10.6. The molecule has 0 bridgehead atoms.